The summed E-state index contributed by atoms with van der Waals surface area (Å²) in [6.45, 7) is 3.98. The van der Waals surface area contributed by atoms with Gasteiger partial charge in [-0.2, -0.15) is 5.10 Å². The molecule has 0 N–H and O–H groups in total. The molecule has 0 spiro atoms. The second-order valence-electron chi connectivity index (χ2n) is 4.53. The Balaban J connectivity index is 2.24. The molecule has 3 heteroatoms. The highest BCUT2D eigenvalue weighted by molar-refractivity contribution is 6.01. The SMILES string of the molecule is Cc1ccccc1-n1nc(C)c2c1CCC2=O. The number of aryl methyl sites for hydroxylation is 2. The van der Waals surface area contributed by atoms with Gasteiger partial charge in [-0.05, 0) is 31.9 Å². The van der Waals surface area contributed by atoms with Crippen LogP contribution in [0.2, 0.25) is 0 Å². The second-order valence-corrected chi connectivity index (χ2v) is 4.53. The summed E-state index contributed by atoms with van der Waals surface area (Å²) in [5, 5.41) is 4.51. The van der Waals surface area contributed by atoms with Gasteiger partial charge in [0.1, 0.15) is 0 Å². The number of nitrogens with zero attached hydrogens (tertiary/aromatic N) is 2. The Bertz CT molecular complexity index is 611. The van der Waals surface area contributed by atoms with Gasteiger partial charge in [0.2, 0.25) is 0 Å². The molecular formula is C14H14N2O. The van der Waals surface area contributed by atoms with E-state index >= 15 is 0 Å². The zero-order chi connectivity index (χ0) is 12.0. The number of hydrogen-bond donors (Lipinski definition) is 0. The van der Waals surface area contributed by atoms with Crippen LogP contribution in [0.4, 0.5) is 0 Å². The number of ketones is 1. The van der Waals surface area contributed by atoms with E-state index in [0.717, 1.165) is 29.1 Å². The molecule has 1 aliphatic carbocycles. The minimum atomic E-state index is 0.234. The zero-order valence-corrected chi connectivity index (χ0v) is 10.0. The van der Waals surface area contributed by atoms with Crippen LogP contribution in [-0.4, -0.2) is 15.6 Å². The first-order valence-electron chi connectivity index (χ1n) is 5.86. The van der Waals surface area contributed by atoms with E-state index in [2.05, 4.69) is 18.1 Å². The van der Waals surface area contributed by atoms with Crippen LogP contribution >= 0.6 is 0 Å². The summed E-state index contributed by atoms with van der Waals surface area (Å²) in [4.78, 5) is 11.8. The highest BCUT2D eigenvalue weighted by Gasteiger charge is 2.28. The molecule has 0 unspecified atom stereocenters. The van der Waals surface area contributed by atoms with E-state index < -0.39 is 0 Å². The number of fused-ring (bicyclic) bond motifs is 1. The smallest absolute Gasteiger partial charge is 0.166 e. The van der Waals surface area contributed by atoms with Crippen molar-refractivity contribution in [3.05, 3.63) is 46.8 Å². The number of carbonyl (C=O) groups excluding carboxylic acids is 1. The van der Waals surface area contributed by atoms with Crippen LogP contribution in [0.15, 0.2) is 24.3 Å². The maximum atomic E-state index is 11.8. The third-order valence-corrected chi connectivity index (χ3v) is 3.37. The lowest BCUT2D eigenvalue weighted by atomic mass is 10.2. The van der Waals surface area contributed by atoms with Crippen LogP contribution in [0.1, 0.15) is 33.7 Å². The van der Waals surface area contributed by atoms with Gasteiger partial charge in [0.25, 0.3) is 0 Å². The number of aromatic nitrogens is 2. The number of carbonyl (C=O) groups is 1. The van der Waals surface area contributed by atoms with Gasteiger partial charge in [0.15, 0.2) is 5.78 Å². The van der Waals surface area contributed by atoms with Crippen molar-refractivity contribution in [3.8, 4) is 5.69 Å². The lowest BCUT2D eigenvalue weighted by Gasteiger charge is -2.08. The van der Waals surface area contributed by atoms with Crippen molar-refractivity contribution in [3.63, 3.8) is 0 Å². The van der Waals surface area contributed by atoms with Crippen molar-refractivity contribution < 1.29 is 4.79 Å². The molecule has 0 fully saturated rings. The summed E-state index contributed by atoms with van der Waals surface area (Å²) in [5.74, 6) is 0.234. The van der Waals surface area contributed by atoms with Crippen molar-refractivity contribution in [2.45, 2.75) is 26.7 Å². The quantitative estimate of drug-likeness (QED) is 0.749. The first-order valence-corrected chi connectivity index (χ1v) is 5.86. The molecule has 0 bridgehead atoms. The van der Waals surface area contributed by atoms with Gasteiger partial charge < -0.3 is 0 Å². The number of para-hydroxylation sites is 1. The van der Waals surface area contributed by atoms with Gasteiger partial charge in [-0.1, -0.05) is 18.2 Å². The molecule has 3 nitrogen and oxygen atoms in total. The zero-order valence-electron chi connectivity index (χ0n) is 10.0. The van der Waals surface area contributed by atoms with Crippen molar-refractivity contribution >= 4 is 5.78 Å². The van der Waals surface area contributed by atoms with Crippen molar-refractivity contribution in [2.75, 3.05) is 0 Å². The van der Waals surface area contributed by atoms with Crippen molar-refractivity contribution in [1.82, 2.24) is 9.78 Å². The normalized spacial score (nSPS) is 14.1. The highest BCUT2D eigenvalue weighted by Crippen LogP contribution is 2.28. The van der Waals surface area contributed by atoms with Crippen LogP contribution in [0.5, 0.6) is 0 Å². The van der Waals surface area contributed by atoms with Crippen molar-refractivity contribution in [1.29, 1.82) is 0 Å². The molecule has 2 aromatic rings. The van der Waals surface area contributed by atoms with Gasteiger partial charge in [-0.3, -0.25) is 4.79 Å². The maximum absolute atomic E-state index is 11.8. The van der Waals surface area contributed by atoms with Gasteiger partial charge in [-0.15, -0.1) is 0 Å². The Hall–Kier alpha value is -1.90. The summed E-state index contributed by atoms with van der Waals surface area (Å²) in [5.41, 5.74) is 5.02. The van der Waals surface area contributed by atoms with E-state index in [0.29, 0.717) is 6.42 Å². The fraction of sp³-hybridized carbons (Fsp3) is 0.286. The lowest BCUT2D eigenvalue weighted by molar-refractivity contribution is 0.0994. The van der Waals surface area contributed by atoms with Crippen molar-refractivity contribution in [2.24, 2.45) is 0 Å². The molecule has 0 saturated carbocycles. The average molecular weight is 226 g/mol. The number of hydrogen-bond acceptors (Lipinski definition) is 2. The van der Waals surface area contributed by atoms with E-state index in [-0.39, 0.29) is 5.78 Å². The molecule has 0 atom stereocenters. The Morgan fingerprint density at radius 2 is 1.94 bits per heavy atom. The Labute approximate surface area is 100 Å². The number of rotatable bonds is 1. The first-order chi connectivity index (χ1) is 8.18. The van der Waals surface area contributed by atoms with E-state index in [1.165, 1.54) is 5.56 Å². The molecular weight excluding hydrogens is 212 g/mol. The molecule has 1 aromatic carbocycles. The second kappa shape index (κ2) is 3.55. The molecule has 86 valence electrons. The topological polar surface area (TPSA) is 34.9 Å². The van der Waals surface area contributed by atoms with E-state index in [1.54, 1.807) is 0 Å². The predicted octanol–water partition coefficient (Wildman–Crippen LogP) is 2.62. The van der Waals surface area contributed by atoms with Crippen LogP contribution in [0.3, 0.4) is 0 Å². The molecule has 0 aliphatic heterocycles. The number of Topliss-reactive ketones (excluding diaryl/α,β-unsaturated/α-hetero) is 1. The van der Waals surface area contributed by atoms with E-state index in [4.69, 9.17) is 0 Å². The first kappa shape index (κ1) is 10.3. The van der Waals surface area contributed by atoms with Crippen LogP contribution in [0.25, 0.3) is 5.69 Å². The molecule has 3 rings (SSSR count). The Morgan fingerprint density at radius 3 is 2.71 bits per heavy atom. The molecule has 1 aromatic heterocycles. The largest absolute Gasteiger partial charge is 0.294 e. The third-order valence-electron chi connectivity index (χ3n) is 3.37. The molecule has 1 heterocycles. The Kier molecular flexibility index (Phi) is 2.15. The fourth-order valence-electron chi connectivity index (χ4n) is 2.53. The molecule has 1 aliphatic rings. The monoisotopic (exact) mass is 226 g/mol. The standard InChI is InChI=1S/C14H14N2O/c1-9-5-3-4-6-11(9)16-12-7-8-13(17)14(12)10(2)15-16/h3-6H,7-8H2,1-2H3. The van der Waals surface area contributed by atoms with E-state index in [9.17, 15) is 4.79 Å². The molecule has 0 amide bonds. The lowest BCUT2D eigenvalue weighted by Crippen LogP contribution is -2.03. The van der Waals surface area contributed by atoms with Crippen LogP contribution in [-0.2, 0) is 6.42 Å². The van der Waals surface area contributed by atoms with Gasteiger partial charge in [0, 0.05) is 6.42 Å². The van der Waals surface area contributed by atoms with E-state index in [1.807, 2.05) is 29.8 Å². The van der Waals surface area contributed by atoms with Gasteiger partial charge in [0.05, 0.1) is 22.6 Å². The number of benzene rings is 1. The average Bonchev–Trinajstić information content (AvgIpc) is 2.83. The van der Waals surface area contributed by atoms with Gasteiger partial charge in [-0.25, -0.2) is 4.68 Å². The van der Waals surface area contributed by atoms with Crippen LogP contribution < -0.4 is 0 Å². The fourth-order valence-corrected chi connectivity index (χ4v) is 2.53. The molecule has 0 radical (unpaired) electrons. The summed E-state index contributed by atoms with van der Waals surface area (Å²) >= 11 is 0. The summed E-state index contributed by atoms with van der Waals surface area (Å²) in [6.07, 6.45) is 1.43. The summed E-state index contributed by atoms with van der Waals surface area (Å²) in [7, 11) is 0. The Morgan fingerprint density at radius 1 is 1.18 bits per heavy atom. The maximum Gasteiger partial charge on any atom is 0.166 e. The highest BCUT2D eigenvalue weighted by atomic mass is 16.1. The predicted molar refractivity (Wildman–Crippen MR) is 65.7 cm³/mol. The minimum Gasteiger partial charge on any atom is -0.294 e. The molecule has 17 heavy (non-hydrogen) atoms. The summed E-state index contributed by atoms with van der Waals surface area (Å²) in [6, 6.07) is 8.13. The molecule has 0 saturated heterocycles. The summed E-state index contributed by atoms with van der Waals surface area (Å²) < 4.78 is 1.94. The minimum absolute atomic E-state index is 0.234. The van der Waals surface area contributed by atoms with Gasteiger partial charge >= 0.3 is 0 Å². The van der Waals surface area contributed by atoms with Crippen LogP contribution in [0, 0.1) is 13.8 Å². The third kappa shape index (κ3) is 1.42.